The molecule has 0 saturated carbocycles. The molecule has 1 saturated heterocycles. The Kier molecular flexibility index (Phi) is 11.4. The second-order valence-corrected chi connectivity index (χ2v) is 8.88. The summed E-state index contributed by atoms with van der Waals surface area (Å²) in [6.45, 7) is 0.106. The van der Waals surface area contributed by atoms with E-state index in [2.05, 4.69) is 0 Å². The van der Waals surface area contributed by atoms with Crippen LogP contribution >= 0.6 is 0 Å². The van der Waals surface area contributed by atoms with Crippen LogP contribution in [0.2, 0.25) is 0 Å². The van der Waals surface area contributed by atoms with Crippen molar-refractivity contribution in [2.75, 3.05) is 6.54 Å². The lowest BCUT2D eigenvalue weighted by atomic mass is 9.99. The van der Waals surface area contributed by atoms with Crippen molar-refractivity contribution in [3.63, 3.8) is 0 Å². The summed E-state index contributed by atoms with van der Waals surface area (Å²) in [5.74, 6) is -2.76. The summed E-state index contributed by atoms with van der Waals surface area (Å²) in [5.41, 5.74) is 0. The van der Waals surface area contributed by atoms with E-state index in [0.717, 1.165) is 4.90 Å². The van der Waals surface area contributed by atoms with Gasteiger partial charge in [0.05, 0.1) is 30.8 Å². The normalized spacial score (nSPS) is 19.4. The fraction of sp³-hybridized carbons (Fsp3) is 0.696. The molecule has 0 aromatic heterocycles. The lowest BCUT2D eigenvalue weighted by Crippen LogP contribution is -2.32. The highest BCUT2D eigenvalue weighted by molar-refractivity contribution is 6.12. The molecule has 4 N–H and O–H groups in total. The summed E-state index contributed by atoms with van der Waals surface area (Å²) in [7, 11) is 0. The highest BCUT2D eigenvalue weighted by Gasteiger charge is 2.32. The molecule has 196 valence electrons. The maximum Gasteiger partial charge on any atom is 0.333 e. The van der Waals surface area contributed by atoms with E-state index in [1.165, 1.54) is 12.2 Å². The molecule has 4 unspecified atom stereocenters. The van der Waals surface area contributed by atoms with Crippen molar-refractivity contribution in [1.29, 1.82) is 0 Å². The summed E-state index contributed by atoms with van der Waals surface area (Å²) in [6, 6.07) is 0. The van der Waals surface area contributed by atoms with Crippen LogP contribution in [0.5, 0.6) is 0 Å². The van der Waals surface area contributed by atoms with E-state index in [1.807, 2.05) is 0 Å². The lowest BCUT2D eigenvalue weighted by Gasteiger charge is -2.19. The zero-order valence-corrected chi connectivity index (χ0v) is 19.6. The Morgan fingerprint density at radius 1 is 0.714 bits per heavy atom. The van der Waals surface area contributed by atoms with Crippen LogP contribution in [0.15, 0.2) is 12.2 Å². The highest BCUT2D eigenvalue weighted by Crippen LogP contribution is 2.17. The van der Waals surface area contributed by atoms with Crippen LogP contribution in [-0.4, -0.2) is 90.9 Å². The van der Waals surface area contributed by atoms with Crippen LogP contribution in [0, 0.1) is 0 Å². The standard InChI is InChI=1S/C23H34N2O10/c26-15(3-4-17(28)7-12-23(34)35-25-21(32)10-11-22(25)33)1-2-16(27)5-6-18(29)13-14-24-19(30)8-9-20(24)31/h8-9,15-18,26-29H,1-7,10-14H2. The molecule has 0 radical (unpaired) electrons. The van der Waals surface area contributed by atoms with Crippen molar-refractivity contribution in [3.8, 4) is 0 Å². The van der Waals surface area contributed by atoms with Gasteiger partial charge in [-0.2, -0.15) is 0 Å². The van der Waals surface area contributed by atoms with Gasteiger partial charge < -0.3 is 25.3 Å². The third kappa shape index (κ3) is 9.84. The van der Waals surface area contributed by atoms with E-state index in [4.69, 9.17) is 4.84 Å². The quantitative estimate of drug-likeness (QED) is 0.202. The number of imide groups is 2. The SMILES string of the molecule is O=C(CCC(O)CCC(O)CCC(O)CCC(O)CCN1C(=O)C=CC1=O)ON1C(=O)CCC1=O. The molecular weight excluding hydrogens is 464 g/mol. The molecule has 12 heteroatoms. The molecule has 2 rings (SSSR count). The van der Waals surface area contributed by atoms with Gasteiger partial charge in [0.2, 0.25) is 0 Å². The van der Waals surface area contributed by atoms with Crippen molar-refractivity contribution in [3.05, 3.63) is 12.2 Å². The van der Waals surface area contributed by atoms with Crippen molar-refractivity contribution in [2.24, 2.45) is 0 Å². The average molecular weight is 499 g/mol. The number of rotatable bonds is 16. The Hall–Kier alpha value is -2.67. The minimum Gasteiger partial charge on any atom is -0.393 e. The molecular formula is C23H34N2O10. The third-order valence-corrected chi connectivity index (χ3v) is 5.97. The number of aliphatic hydroxyl groups is 4. The fourth-order valence-electron chi connectivity index (χ4n) is 3.75. The van der Waals surface area contributed by atoms with E-state index in [0.29, 0.717) is 17.9 Å². The number of carbonyl (C=O) groups is 5. The first-order chi connectivity index (χ1) is 16.6. The van der Waals surface area contributed by atoms with Crippen LogP contribution in [0.1, 0.15) is 70.6 Å². The monoisotopic (exact) mass is 498 g/mol. The highest BCUT2D eigenvalue weighted by atomic mass is 16.7. The summed E-state index contributed by atoms with van der Waals surface area (Å²) in [4.78, 5) is 63.3. The predicted molar refractivity (Wildman–Crippen MR) is 119 cm³/mol. The fourth-order valence-corrected chi connectivity index (χ4v) is 3.75. The molecule has 12 nitrogen and oxygen atoms in total. The summed E-state index contributed by atoms with van der Waals surface area (Å²) in [5, 5.41) is 40.6. The third-order valence-electron chi connectivity index (χ3n) is 5.97. The number of hydroxylamine groups is 2. The Bertz CT molecular complexity index is 780. The van der Waals surface area contributed by atoms with Crippen LogP contribution in [0.25, 0.3) is 0 Å². The maximum atomic E-state index is 11.7. The Morgan fingerprint density at radius 3 is 1.57 bits per heavy atom. The second kappa shape index (κ2) is 14.0. The van der Waals surface area contributed by atoms with Gasteiger partial charge in [-0.05, 0) is 51.4 Å². The predicted octanol–water partition coefficient (Wildman–Crippen LogP) is -0.527. The molecule has 0 aromatic rings. The zero-order chi connectivity index (χ0) is 26.0. The summed E-state index contributed by atoms with van der Waals surface area (Å²) < 4.78 is 0. The molecule has 4 atom stereocenters. The number of hydrogen-bond donors (Lipinski definition) is 4. The molecule has 0 spiro atoms. The average Bonchev–Trinajstić information content (AvgIpc) is 3.31. The van der Waals surface area contributed by atoms with E-state index in [1.54, 1.807) is 0 Å². The van der Waals surface area contributed by atoms with E-state index < -0.39 is 54.0 Å². The van der Waals surface area contributed by atoms with Gasteiger partial charge in [0.15, 0.2) is 0 Å². The zero-order valence-electron chi connectivity index (χ0n) is 19.6. The minimum atomic E-state index is -0.883. The topological polar surface area (TPSA) is 182 Å². The van der Waals surface area contributed by atoms with Gasteiger partial charge in [-0.25, -0.2) is 4.79 Å². The largest absolute Gasteiger partial charge is 0.393 e. The molecule has 4 amide bonds. The molecule has 2 aliphatic rings. The van der Waals surface area contributed by atoms with Gasteiger partial charge >= 0.3 is 5.97 Å². The Balaban J connectivity index is 1.51. The van der Waals surface area contributed by atoms with Gasteiger partial charge in [0, 0.05) is 31.5 Å². The lowest BCUT2D eigenvalue weighted by molar-refractivity contribution is -0.197. The molecule has 2 heterocycles. The first kappa shape index (κ1) is 28.6. The van der Waals surface area contributed by atoms with E-state index in [9.17, 15) is 44.4 Å². The van der Waals surface area contributed by atoms with Crippen molar-refractivity contribution in [1.82, 2.24) is 9.96 Å². The van der Waals surface area contributed by atoms with Crippen molar-refractivity contribution >= 4 is 29.6 Å². The minimum absolute atomic E-state index is 0.00287. The molecule has 0 aromatic carbocycles. The summed E-state index contributed by atoms with van der Waals surface area (Å²) >= 11 is 0. The molecule has 0 bridgehead atoms. The van der Waals surface area contributed by atoms with Crippen LogP contribution in [0.4, 0.5) is 0 Å². The smallest absolute Gasteiger partial charge is 0.333 e. The number of carbonyl (C=O) groups excluding carboxylic acids is 5. The van der Waals surface area contributed by atoms with Gasteiger partial charge in [0.25, 0.3) is 23.6 Å². The Labute approximate surface area is 203 Å². The number of nitrogens with zero attached hydrogens (tertiary/aromatic N) is 2. The van der Waals surface area contributed by atoms with Crippen molar-refractivity contribution in [2.45, 2.75) is 95.0 Å². The summed E-state index contributed by atoms with van der Waals surface area (Å²) in [6.07, 6.45) is 0.884. The van der Waals surface area contributed by atoms with Gasteiger partial charge in [-0.3, -0.25) is 24.1 Å². The van der Waals surface area contributed by atoms with Crippen LogP contribution in [-0.2, 0) is 28.8 Å². The second-order valence-electron chi connectivity index (χ2n) is 8.88. The van der Waals surface area contributed by atoms with E-state index >= 15 is 0 Å². The molecule has 2 aliphatic heterocycles. The molecule has 35 heavy (non-hydrogen) atoms. The first-order valence-corrected chi connectivity index (χ1v) is 11.9. The van der Waals surface area contributed by atoms with Crippen LogP contribution < -0.4 is 0 Å². The molecule has 1 fully saturated rings. The maximum absolute atomic E-state index is 11.7. The van der Waals surface area contributed by atoms with Crippen molar-refractivity contribution < 1.29 is 49.2 Å². The van der Waals surface area contributed by atoms with Crippen LogP contribution in [0.3, 0.4) is 0 Å². The number of hydrogen-bond acceptors (Lipinski definition) is 10. The first-order valence-electron chi connectivity index (χ1n) is 11.9. The van der Waals surface area contributed by atoms with Gasteiger partial charge in [-0.1, -0.05) is 0 Å². The van der Waals surface area contributed by atoms with Gasteiger partial charge in [0.1, 0.15) is 0 Å². The molecule has 0 aliphatic carbocycles. The number of amides is 4. The van der Waals surface area contributed by atoms with Gasteiger partial charge in [-0.15, -0.1) is 5.06 Å². The van der Waals surface area contributed by atoms with E-state index in [-0.39, 0.29) is 64.3 Å². The Morgan fingerprint density at radius 2 is 1.11 bits per heavy atom. The number of aliphatic hydroxyl groups excluding tert-OH is 4.